The van der Waals surface area contributed by atoms with E-state index in [1.54, 1.807) is 16.8 Å². The summed E-state index contributed by atoms with van der Waals surface area (Å²) in [7, 11) is 0. The van der Waals surface area contributed by atoms with Crippen LogP contribution < -0.4 is 0 Å². The first-order chi connectivity index (χ1) is 9.65. The van der Waals surface area contributed by atoms with Crippen LogP contribution in [0.25, 0.3) is 10.9 Å². The predicted octanol–water partition coefficient (Wildman–Crippen LogP) is 3.09. The third-order valence-electron chi connectivity index (χ3n) is 3.32. The number of aromatic nitrogens is 2. The van der Waals surface area contributed by atoms with Crippen LogP contribution in [-0.2, 0) is 6.54 Å². The minimum Gasteiger partial charge on any atom is -0.477 e. The lowest BCUT2D eigenvalue weighted by Gasteiger charge is -2.08. The van der Waals surface area contributed by atoms with Crippen LogP contribution in [0.15, 0.2) is 48.7 Å². The Morgan fingerprint density at radius 2 is 2.05 bits per heavy atom. The number of fused-ring (bicyclic) bond motifs is 1. The normalized spacial score (nSPS) is 10.8. The van der Waals surface area contributed by atoms with Crippen LogP contribution in [-0.4, -0.2) is 20.6 Å². The number of para-hydroxylation sites is 1. The highest BCUT2D eigenvalue weighted by Gasteiger charge is 2.14. The average Bonchev–Trinajstić information content (AvgIpc) is 2.78. The maximum atomic E-state index is 11.4. The van der Waals surface area contributed by atoms with Crippen molar-refractivity contribution in [2.45, 2.75) is 13.5 Å². The van der Waals surface area contributed by atoms with Gasteiger partial charge in [0.2, 0.25) is 0 Å². The molecule has 4 heteroatoms. The predicted molar refractivity (Wildman–Crippen MR) is 77.0 cm³/mol. The van der Waals surface area contributed by atoms with Crippen molar-refractivity contribution >= 4 is 16.9 Å². The summed E-state index contributed by atoms with van der Waals surface area (Å²) in [6.07, 6.45) is 1.75. The summed E-state index contributed by atoms with van der Waals surface area (Å²) in [6.45, 7) is 2.45. The maximum absolute atomic E-state index is 11.4. The van der Waals surface area contributed by atoms with Crippen LogP contribution in [0, 0.1) is 6.92 Å². The molecule has 3 rings (SSSR count). The quantitative estimate of drug-likeness (QED) is 0.792. The van der Waals surface area contributed by atoms with E-state index in [1.165, 1.54) is 0 Å². The maximum Gasteiger partial charge on any atom is 0.352 e. The van der Waals surface area contributed by atoms with E-state index >= 15 is 0 Å². The average molecular weight is 266 g/mol. The van der Waals surface area contributed by atoms with Crippen molar-refractivity contribution in [3.05, 3.63) is 65.6 Å². The number of pyridine rings is 1. The van der Waals surface area contributed by atoms with Gasteiger partial charge >= 0.3 is 5.97 Å². The van der Waals surface area contributed by atoms with Crippen LogP contribution >= 0.6 is 0 Å². The topological polar surface area (TPSA) is 55.1 Å². The van der Waals surface area contributed by atoms with Crippen molar-refractivity contribution in [1.29, 1.82) is 0 Å². The molecular weight excluding hydrogens is 252 g/mol. The molecular formula is C16H14N2O2. The van der Waals surface area contributed by atoms with Crippen molar-refractivity contribution < 1.29 is 9.90 Å². The molecule has 0 spiro atoms. The Morgan fingerprint density at radius 3 is 2.80 bits per heavy atom. The number of carboxylic acid groups (broad SMARTS) is 1. The molecule has 0 atom stereocenters. The van der Waals surface area contributed by atoms with Crippen molar-refractivity contribution in [2.24, 2.45) is 0 Å². The molecule has 0 amide bonds. The first-order valence-corrected chi connectivity index (χ1v) is 6.38. The van der Waals surface area contributed by atoms with Gasteiger partial charge in [-0.1, -0.05) is 18.2 Å². The number of nitrogens with zero attached hydrogens (tertiary/aromatic N) is 2. The second-order valence-electron chi connectivity index (χ2n) is 4.80. The molecule has 2 aromatic heterocycles. The molecule has 0 aliphatic carbocycles. The number of carbonyl (C=O) groups is 1. The highest BCUT2D eigenvalue weighted by atomic mass is 16.4. The standard InChI is InChI=1S/C16H14N2O2/c1-11-6-7-17-13(8-11)10-18-14-5-3-2-4-12(14)9-15(18)16(19)20/h2-9H,10H2,1H3,(H,19,20). The van der Waals surface area contributed by atoms with Gasteiger partial charge in [-0.05, 0) is 36.8 Å². The van der Waals surface area contributed by atoms with Gasteiger partial charge in [0.15, 0.2) is 0 Å². The Hall–Kier alpha value is -2.62. The number of carboxylic acids is 1. The molecule has 0 radical (unpaired) electrons. The van der Waals surface area contributed by atoms with Crippen LogP contribution in [0.3, 0.4) is 0 Å². The van der Waals surface area contributed by atoms with E-state index in [1.807, 2.05) is 43.3 Å². The lowest BCUT2D eigenvalue weighted by molar-refractivity contribution is 0.0686. The van der Waals surface area contributed by atoms with Crippen LogP contribution in [0.2, 0.25) is 0 Å². The summed E-state index contributed by atoms with van der Waals surface area (Å²) < 4.78 is 1.79. The molecule has 2 heterocycles. The molecule has 0 unspecified atom stereocenters. The summed E-state index contributed by atoms with van der Waals surface area (Å²) in [4.78, 5) is 15.7. The Morgan fingerprint density at radius 1 is 1.25 bits per heavy atom. The third kappa shape index (κ3) is 2.16. The van der Waals surface area contributed by atoms with E-state index in [9.17, 15) is 9.90 Å². The van der Waals surface area contributed by atoms with Gasteiger partial charge in [-0.2, -0.15) is 0 Å². The summed E-state index contributed by atoms with van der Waals surface area (Å²) in [5.74, 6) is -0.922. The first-order valence-electron chi connectivity index (χ1n) is 6.38. The smallest absolute Gasteiger partial charge is 0.352 e. The molecule has 0 bridgehead atoms. The fourth-order valence-corrected chi connectivity index (χ4v) is 2.41. The van der Waals surface area contributed by atoms with Gasteiger partial charge in [-0.3, -0.25) is 4.98 Å². The molecule has 20 heavy (non-hydrogen) atoms. The molecule has 1 N–H and O–H groups in total. The minimum atomic E-state index is -0.922. The van der Waals surface area contributed by atoms with Gasteiger partial charge < -0.3 is 9.67 Å². The second kappa shape index (κ2) is 4.81. The van der Waals surface area contributed by atoms with Crippen LogP contribution in [0.5, 0.6) is 0 Å². The summed E-state index contributed by atoms with van der Waals surface area (Å²) >= 11 is 0. The highest BCUT2D eigenvalue weighted by Crippen LogP contribution is 2.21. The zero-order valence-electron chi connectivity index (χ0n) is 11.1. The summed E-state index contributed by atoms with van der Waals surface area (Å²) in [6, 6.07) is 13.3. The second-order valence-corrected chi connectivity index (χ2v) is 4.80. The molecule has 0 aliphatic heterocycles. The first kappa shape index (κ1) is 12.4. The van der Waals surface area contributed by atoms with Gasteiger partial charge in [0.25, 0.3) is 0 Å². The lowest BCUT2D eigenvalue weighted by atomic mass is 10.2. The molecule has 0 saturated carbocycles. The van der Waals surface area contributed by atoms with Crippen molar-refractivity contribution in [2.75, 3.05) is 0 Å². The van der Waals surface area contributed by atoms with Crippen LogP contribution in [0.1, 0.15) is 21.7 Å². The van der Waals surface area contributed by atoms with E-state index in [0.29, 0.717) is 6.54 Å². The molecule has 0 saturated heterocycles. The largest absolute Gasteiger partial charge is 0.477 e. The van der Waals surface area contributed by atoms with Gasteiger partial charge in [0.1, 0.15) is 5.69 Å². The molecule has 3 aromatic rings. The SMILES string of the molecule is Cc1ccnc(Cn2c(C(=O)O)cc3ccccc32)c1. The summed E-state index contributed by atoms with van der Waals surface area (Å²) in [5, 5.41) is 10.3. The molecule has 0 fully saturated rings. The third-order valence-corrected chi connectivity index (χ3v) is 3.32. The van der Waals surface area contributed by atoms with Crippen molar-refractivity contribution in [3.8, 4) is 0 Å². The molecule has 100 valence electrons. The fourth-order valence-electron chi connectivity index (χ4n) is 2.41. The Bertz CT molecular complexity index is 790. The lowest BCUT2D eigenvalue weighted by Crippen LogP contribution is -2.10. The van der Waals surface area contributed by atoms with Crippen molar-refractivity contribution in [1.82, 2.24) is 9.55 Å². The number of rotatable bonds is 3. The highest BCUT2D eigenvalue weighted by molar-refractivity contribution is 5.94. The number of benzene rings is 1. The zero-order chi connectivity index (χ0) is 14.1. The monoisotopic (exact) mass is 266 g/mol. The van der Waals surface area contributed by atoms with E-state index in [0.717, 1.165) is 22.2 Å². The minimum absolute atomic E-state index is 0.287. The molecule has 0 aliphatic rings. The molecule has 1 aromatic carbocycles. The van der Waals surface area contributed by atoms with Gasteiger partial charge in [0.05, 0.1) is 12.2 Å². The summed E-state index contributed by atoms with van der Waals surface area (Å²) in [5.41, 5.74) is 3.17. The Balaban J connectivity index is 2.14. The Labute approximate surface area is 116 Å². The van der Waals surface area contributed by atoms with E-state index in [2.05, 4.69) is 4.98 Å². The van der Waals surface area contributed by atoms with E-state index < -0.39 is 5.97 Å². The van der Waals surface area contributed by atoms with Gasteiger partial charge in [-0.25, -0.2) is 4.79 Å². The van der Waals surface area contributed by atoms with Crippen LogP contribution in [0.4, 0.5) is 0 Å². The molecule has 4 nitrogen and oxygen atoms in total. The van der Waals surface area contributed by atoms with E-state index in [-0.39, 0.29) is 5.69 Å². The number of hydrogen-bond donors (Lipinski definition) is 1. The Kier molecular flexibility index (Phi) is 2.99. The number of aromatic carboxylic acids is 1. The van der Waals surface area contributed by atoms with Gasteiger partial charge in [0, 0.05) is 17.1 Å². The number of hydrogen-bond acceptors (Lipinski definition) is 2. The number of aryl methyl sites for hydroxylation is 1. The van der Waals surface area contributed by atoms with Crippen molar-refractivity contribution in [3.63, 3.8) is 0 Å². The van der Waals surface area contributed by atoms with Gasteiger partial charge in [-0.15, -0.1) is 0 Å². The fraction of sp³-hybridized carbons (Fsp3) is 0.125. The zero-order valence-corrected chi connectivity index (χ0v) is 11.1. The van der Waals surface area contributed by atoms with E-state index in [4.69, 9.17) is 0 Å².